The summed E-state index contributed by atoms with van der Waals surface area (Å²) in [6.45, 7) is 0.346. The highest BCUT2D eigenvalue weighted by atomic mass is 35.5. The summed E-state index contributed by atoms with van der Waals surface area (Å²) < 4.78 is 26.3. The van der Waals surface area contributed by atoms with E-state index in [0.717, 1.165) is 0 Å². The van der Waals surface area contributed by atoms with E-state index in [1.54, 1.807) is 12.1 Å². The highest BCUT2D eigenvalue weighted by Gasteiger charge is 2.02. The van der Waals surface area contributed by atoms with Crippen LogP contribution in [0.2, 0.25) is 10.0 Å². The molecular formula is C13H9Cl2F2N. The maximum atomic E-state index is 13.2. The third-order valence-corrected chi connectivity index (χ3v) is 2.86. The van der Waals surface area contributed by atoms with Gasteiger partial charge < -0.3 is 5.32 Å². The van der Waals surface area contributed by atoms with E-state index in [0.29, 0.717) is 22.8 Å². The molecule has 5 heteroatoms. The Balaban J connectivity index is 2.08. The molecule has 18 heavy (non-hydrogen) atoms. The van der Waals surface area contributed by atoms with Crippen molar-refractivity contribution in [3.63, 3.8) is 0 Å². The molecule has 0 aliphatic carbocycles. The maximum absolute atomic E-state index is 13.2. The molecule has 0 unspecified atom stereocenters. The van der Waals surface area contributed by atoms with E-state index in [4.69, 9.17) is 23.2 Å². The van der Waals surface area contributed by atoms with Crippen LogP contribution in [0, 0.1) is 11.6 Å². The van der Waals surface area contributed by atoms with E-state index in [-0.39, 0.29) is 5.02 Å². The van der Waals surface area contributed by atoms with Crippen molar-refractivity contribution >= 4 is 28.9 Å². The highest BCUT2D eigenvalue weighted by molar-refractivity contribution is 6.31. The van der Waals surface area contributed by atoms with Gasteiger partial charge in [0.1, 0.15) is 11.6 Å². The molecule has 0 aliphatic heterocycles. The van der Waals surface area contributed by atoms with Gasteiger partial charge in [-0.15, -0.1) is 0 Å². The molecule has 0 bridgehead atoms. The van der Waals surface area contributed by atoms with Gasteiger partial charge in [0.05, 0.1) is 5.02 Å². The summed E-state index contributed by atoms with van der Waals surface area (Å²) >= 11 is 11.3. The van der Waals surface area contributed by atoms with Crippen LogP contribution in [0.1, 0.15) is 5.56 Å². The molecule has 0 saturated carbocycles. The van der Waals surface area contributed by atoms with Gasteiger partial charge in [-0.2, -0.15) is 0 Å². The second-order valence-electron chi connectivity index (χ2n) is 3.76. The van der Waals surface area contributed by atoms with Crippen LogP contribution in [0.3, 0.4) is 0 Å². The van der Waals surface area contributed by atoms with Crippen LogP contribution >= 0.6 is 23.2 Å². The molecule has 0 aromatic heterocycles. The van der Waals surface area contributed by atoms with Crippen molar-refractivity contribution < 1.29 is 8.78 Å². The fourth-order valence-electron chi connectivity index (χ4n) is 1.52. The summed E-state index contributed by atoms with van der Waals surface area (Å²) in [6, 6.07) is 8.62. The van der Waals surface area contributed by atoms with Crippen molar-refractivity contribution in [2.75, 3.05) is 5.32 Å². The zero-order valence-electron chi connectivity index (χ0n) is 9.18. The molecule has 0 spiro atoms. The zero-order valence-corrected chi connectivity index (χ0v) is 10.7. The number of anilines is 1. The minimum Gasteiger partial charge on any atom is -0.381 e. The Morgan fingerprint density at radius 3 is 2.44 bits per heavy atom. The molecule has 0 radical (unpaired) electrons. The van der Waals surface area contributed by atoms with E-state index in [1.807, 2.05) is 0 Å². The predicted molar refractivity (Wildman–Crippen MR) is 70.1 cm³/mol. The first-order valence-electron chi connectivity index (χ1n) is 5.18. The standard InChI is InChI=1S/C13H9Cl2F2N/c14-9-3-8(4-10(16)5-9)7-18-11-1-2-12(15)13(17)6-11/h1-6,18H,7H2. The lowest BCUT2D eigenvalue weighted by atomic mass is 10.2. The topological polar surface area (TPSA) is 12.0 Å². The molecular weight excluding hydrogens is 279 g/mol. The molecule has 1 N–H and O–H groups in total. The van der Waals surface area contributed by atoms with Crippen LogP contribution in [0.25, 0.3) is 0 Å². The lowest BCUT2D eigenvalue weighted by molar-refractivity contribution is 0.625. The van der Waals surface area contributed by atoms with Crippen molar-refractivity contribution in [3.8, 4) is 0 Å². The number of nitrogens with one attached hydrogen (secondary N) is 1. The first-order valence-corrected chi connectivity index (χ1v) is 5.94. The summed E-state index contributed by atoms with van der Waals surface area (Å²) in [7, 11) is 0. The van der Waals surface area contributed by atoms with Gasteiger partial charge in [-0.3, -0.25) is 0 Å². The second-order valence-corrected chi connectivity index (χ2v) is 4.60. The summed E-state index contributed by atoms with van der Waals surface area (Å²) in [5.74, 6) is -0.902. The van der Waals surface area contributed by atoms with Gasteiger partial charge >= 0.3 is 0 Å². The largest absolute Gasteiger partial charge is 0.381 e. The molecule has 0 fully saturated rings. The maximum Gasteiger partial charge on any atom is 0.143 e. The van der Waals surface area contributed by atoms with Crippen molar-refractivity contribution in [2.45, 2.75) is 6.54 Å². The molecule has 0 saturated heterocycles. The number of hydrogen-bond acceptors (Lipinski definition) is 1. The van der Waals surface area contributed by atoms with Crippen molar-refractivity contribution in [3.05, 3.63) is 63.6 Å². The molecule has 1 nitrogen and oxygen atoms in total. The van der Waals surface area contributed by atoms with Gasteiger partial charge in [-0.25, -0.2) is 8.78 Å². The number of rotatable bonds is 3. The van der Waals surface area contributed by atoms with Crippen molar-refractivity contribution in [1.82, 2.24) is 0 Å². The van der Waals surface area contributed by atoms with E-state index >= 15 is 0 Å². The third-order valence-electron chi connectivity index (χ3n) is 2.34. The molecule has 2 rings (SSSR count). The lowest BCUT2D eigenvalue weighted by Gasteiger charge is -2.07. The van der Waals surface area contributed by atoms with Gasteiger partial charge in [-0.05, 0) is 42.0 Å². The summed E-state index contributed by atoms with van der Waals surface area (Å²) in [5.41, 5.74) is 1.24. The second kappa shape index (κ2) is 5.55. The van der Waals surface area contributed by atoms with Gasteiger partial charge in [0.25, 0.3) is 0 Å². The quantitative estimate of drug-likeness (QED) is 0.848. The smallest absolute Gasteiger partial charge is 0.143 e. The average molecular weight is 288 g/mol. The van der Waals surface area contributed by atoms with Crippen LogP contribution in [-0.2, 0) is 6.54 Å². The number of hydrogen-bond donors (Lipinski definition) is 1. The molecule has 0 heterocycles. The Morgan fingerprint density at radius 2 is 1.78 bits per heavy atom. The molecule has 2 aromatic rings. The summed E-state index contributed by atoms with van der Waals surface area (Å²) in [6.07, 6.45) is 0. The van der Waals surface area contributed by atoms with E-state index in [9.17, 15) is 8.78 Å². The fourth-order valence-corrected chi connectivity index (χ4v) is 1.89. The summed E-state index contributed by atoms with van der Waals surface area (Å²) in [4.78, 5) is 0. The molecule has 2 aromatic carbocycles. The van der Waals surface area contributed by atoms with Crippen molar-refractivity contribution in [2.24, 2.45) is 0 Å². The van der Waals surface area contributed by atoms with Crippen LogP contribution < -0.4 is 5.32 Å². The Hall–Kier alpha value is -1.32. The third kappa shape index (κ3) is 3.34. The lowest BCUT2D eigenvalue weighted by Crippen LogP contribution is -2.00. The average Bonchev–Trinajstić information content (AvgIpc) is 2.29. The van der Waals surface area contributed by atoms with Crippen LogP contribution in [0.5, 0.6) is 0 Å². The zero-order chi connectivity index (χ0) is 13.1. The highest BCUT2D eigenvalue weighted by Crippen LogP contribution is 2.20. The first-order chi connectivity index (χ1) is 8.54. The monoisotopic (exact) mass is 287 g/mol. The number of halogens is 4. The number of benzene rings is 2. The molecule has 0 aliphatic rings. The first kappa shape index (κ1) is 13.1. The summed E-state index contributed by atoms with van der Waals surface area (Å²) in [5, 5.41) is 3.35. The van der Waals surface area contributed by atoms with E-state index in [2.05, 4.69) is 5.32 Å². The Morgan fingerprint density at radius 1 is 1.00 bits per heavy atom. The van der Waals surface area contributed by atoms with Crippen LogP contribution in [0.15, 0.2) is 36.4 Å². The van der Waals surface area contributed by atoms with Gasteiger partial charge in [-0.1, -0.05) is 23.2 Å². The molecule has 94 valence electrons. The fraction of sp³-hybridized carbons (Fsp3) is 0.0769. The van der Waals surface area contributed by atoms with Gasteiger partial charge in [0.15, 0.2) is 0 Å². The van der Waals surface area contributed by atoms with Crippen LogP contribution in [-0.4, -0.2) is 0 Å². The SMILES string of the molecule is Fc1cc(Cl)cc(CNc2ccc(Cl)c(F)c2)c1. The molecule has 0 atom stereocenters. The van der Waals surface area contributed by atoms with Gasteiger partial charge in [0, 0.05) is 17.3 Å². The minimum atomic E-state index is -0.501. The van der Waals surface area contributed by atoms with E-state index < -0.39 is 11.6 Å². The predicted octanol–water partition coefficient (Wildman–Crippen LogP) is 4.88. The normalized spacial score (nSPS) is 10.4. The van der Waals surface area contributed by atoms with Crippen LogP contribution in [0.4, 0.5) is 14.5 Å². The van der Waals surface area contributed by atoms with Crippen molar-refractivity contribution in [1.29, 1.82) is 0 Å². The van der Waals surface area contributed by atoms with Gasteiger partial charge in [0.2, 0.25) is 0 Å². The molecule has 0 amide bonds. The van der Waals surface area contributed by atoms with E-state index in [1.165, 1.54) is 24.3 Å². The minimum absolute atomic E-state index is 0.0642. The Kier molecular flexibility index (Phi) is 4.04. The Labute approximate surface area is 113 Å². The Bertz CT molecular complexity index is 553.